The number of aromatic hydroxyl groups is 10. The normalized spacial score (nSPS) is 11.9. The van der Waals surface area contributed by atoms with Crippen LogP contribution in [-0.4, -0.2) is 51.1 Å². The van der Waals surface area contributed by atoms with Crippen LogP contribution in [0.2, 0.25) is 0 Å². The minimum absolute atomic E-state index is 0.000314. The molecule has 0 aromatic heterocycles. The summed E-state index contributed by atoms with van der Waals surface area (Å²) in [6.45, 7) is 3.30. The Kier molecular flexibility index (Phi) is 6.89. The van der Waals surface area contributed by atoms with E-state index in [4.69, 9.17) is 0 Å². The average molecular weight is 551 g/mol. The fourth-order valence-electron chi connectivity index (χ4n) is 5.33. The van der Waals surface area contributed by atoms with Crippen LogP contribution in [0.5, 0.6) is 57.5 Å². The largest absolute Gasteiger partial charge is 0.508 e. The van der Waals surface area contributed by atoms with Gasteiger partial charge >= 0.3 is 0 Å². The van der Waals surface area contributed by atoms with Crippen molar-refractivity contribution in [3.05, 3.63) is 82.9 Å². The maximum absolute atomic E-state index is 10.9. The molecule has 0 aliphatic carbocycles. The highest BCUT2D eigenvalue weighted by molar-refractivity contribution is 5.63. The topological polar surface area (TPSA) is 202 Å². The molecule has 0 fully saturated rings. The SMILES string of the molecule is CC(CCC(C)(c1ccc(O)c(O)c1O)c1ccc(O)c(O)c1O)(c1ccc(O)cc1O)c1ccc(O)cc1O. The van der Waals surface area contributed by atoms with Crippen LogP contribution in [0, 0.1) is 0 Å². The Morgan fingerprint density at radius 3 is 1.07 bits per heavy atom. The summed E-state index contributed by atoms with van der Waals surface area (Å²) < 4.78 is 0. The first-order valence-corrected chi connectivity index (χ1v) is 12.2. The van der Waals surface area contributed by atoms with Crippen LogP contribution in [0.25, 0.3) is 0 Å². The molecule has 10 N–H and O–H groups in total. The lowest BCUT2D eigenvalue weighted by Crippen LogP contribution is -2.31. The van der Waals surface area contributed by atoms with Gasteiger partial charge in [-0.3, -0.25) is 0 Å². The molecule has 10 nitrogen and oxygen atoms in total. The molecule has 4 rings (SSSR count). The number of phenolic OH excluding ortho intramolecular Hbond substituents is 10. The van der Waals surface area contributed by atoms with Gasteiger partial charge in [-0.1, -0.05) is 38.1 Å². The summed E-state index contributed by atoms with van der Waals surface area (Å²) in [7, 11) is 0. The fourth-order valence-corrected chi connectivity index (χ4v) is 5.33. The van der Waals surface area contributed by atoms with E-state index in [-0.39, 0.29) is 47.0 Å². The summed E-state index contributed by atoms with van der Waals surface area (Å²) in [6.07, 6.45) is 0.0576. The molecule has 210 valence electrons. The van der Waals surface area contributed by atoms with Crippen molar-refractivity contribution in [1.82, 2.24) is 0 Å². The van der Waals surface area contributed by atoms with Crippen LogP contribution in [0.3, 0.4) is 0 Å². The van der Waals surface area contributed by atoms with Gasteiger partial charge in [0.05, 0.1) is 0 Å². The molecule has 0 saturated carbocycles. The highest BCUT2D eigenvalue weighted by Crippen LogP contribution is 2.54. The van der Waals surface area contributed by atoms with Crippen LogP contribution in [-0.2, 0) is 10.8 Å². The quantitative estimate of drug-likeness (QED) is 0.142. The number of rotatable bonds is 7. The molecule has 4 aromatic rings. The Labute approximate surface area is 229 Å². The van der Waals surface area contributed by atoms with Gasteiger partial charge in [-0.2, -0.15) is 0 Å². The van der Waals surface area contributed by atoms with Gasteiger partial charge in [-0.05, 0) is 37.1 Å². The molecule has 4 aromatic carbocycles. The van der Waals surface area contributed by atoms with E-state index in [1.807, 2.05) is 0 Å². The smallest absolute Gasteiger partial charge is 0.200 e. The van der Waals surface area contributed by atoms with E-state index in [0.29, 0.717) is 11.1 Å². The minimum Gasteiger partial charge on any atom is -0.508 e. The van der Waals surface area contributed by atoms with Gasteiger partial charge in [0.1, 0.15) is 23.0 Å². The summed E-state index contributed by atoms with van der Waals surface area (Å²) in [5.41, 5.74) is -1.95. The number of hydrogen-bond donors (Lipinski definition) is 10. The second-order valence-corrected chi connectivity index (χ2v) is 10.2. The molecule has 0 saturated heterocycles. The molecule has 0 aliphatic heterocycles. The van der Waals surface area contributed by atoms with Crippen molar-refractivity contribution in [2.24, 2.45) is 0 Å². The van der Waals surface area contributed by atoms with Crippen molar-refractivity contribution in [2.75, 3.05) is 0 Å². The van der Waals surface area contributed by atoms with E-state index in [2.05, 4.69) is 0 Å². The third-order valence-electron chi connectivity index (χ3n) is 7.73. The predicted molar refractivity (Wildman–Crippen MR) is 145 cm³/mol. The van der Waals surface area contributed by atoms with Crippen molar-refractivity contribution in [1.29, 1.82) is 0 Å². The highest BCUT2D eigenvalue weighted by atomic mass is 16.3. The molecule has 0 atom stereocenters. The Balaban J connectivity index is 1.96. The van der Waals surface area contributed by atoms with E-state index in [1.54, 1.807) is 13.8 Å². The molecular weight excluding hydrogens is 520 g/mol. The first-order valence-electron chi connectivity index (χ1n) is 12.2. The van der Waals surface area contributed by atoms with Crippen molar-refractivity contribution in [3.8, 4) is 57.5 Å². The van der Waals surface area contributed by atoms with Crippen LogP contribution in [0.4, 0.5) is 0 Å². The van der Waals surface area contributed by atoms with Crippen LogP contribution < -0.4 is 0 Å². The maximum Gasteiger partial charge on any atom is 0.200 e. The average Bonchev–Trinajstić information content (AvgIpc) is 2.89. The summed E-state index contributed by atoms with van der Waals surface area (Å²) in [5.74, 6) is -5.12. The van der Waals surface area contributed by atoms with Crippen LogP contribution in [0.15, 0.2) is 60.7 Å². The molecule has 10 heteroatoms. The lowest BCUT2D eigenvalue weighted by atomic mass is 9.65. The first kappa shape index (κ1) is 27.9. The van der Waals surface area contributed by atoms with E-state index >= 15 is 0 Å². The van der Waals surface area contributed by atoms with Crippen LogP contribution in [0.1, 0.15) is 48.9 Å². The first-order chi connectivity index (χ1) is 18.7. The van der Waals surface area contributed by atoms with Crippen molar-refractivity contribution in [2.45, 2.75) is 37.5 Å². The molecule has 0 radical (unpaired) electrons. The zero-order valence-electron chi connectivity index (χ0n) is 21.7. The summed E-state index contributed by atoms with van der Waals surface area (Å²) in [5, 5.41) is 104. The van der Waals surface area contributed by atoms with Gasteiger partial charge in [0.2, 0.25) is 11.5 Å². The van der Waals surface area contributed by atoms with Gasteiger partial charge in [0.25, 0.3) is 0 Å². The number of hydrogen-bond acceptors (Lipinski definition) is 10. The van der Waals surface area contributed by atoms with Crippen molar-refractivity contribution >= 4 is 0 Å². The van der Waals surface area contributed by atoms with Crippen molar-refractivity contribution < 1.29 is 51.1 Å². The third kappa shape index (κ3) is 4.53. The van der Waals surface area contributed by atoms with Gasteiger partial charge in [-0.25, -0.2) is 0 Å². The standard InChI is InChI=1S/C30H30O10/c1-29(17-5-3-15(31)13-23(17)35,18-6-4-16(32)14-24(18)36)11-12-30(2,19-7-9-21(33)27(39)25(19)37)20-8-10-22(34)28(40)26(20)38/h3-10,13-14,31-40H,11-12H2,1-2H3. The fraction of sp³-hybridized carbons (Fsp3) is 0.200. The maximum atomic E-state index is 10.9. The Hall–Kier alpha value is -5.12. The third-order valence-corrected chi connectivity index (χ3v) is 7.73. The van der Waals surface area contributed by atoms with Crippen molar-refractivity contribution in [3.63, 3.8) is 0 Å². The predicted octanol–water partition coefficient (Wildman–Crippen LogP) is 4.84. The molecular formula is C30H30O10. The molecule has 0 unspecified atom stereocenters. The molecule has 40 heavy (non-hydrogen) atoms. The summed E-state index contributed by atoms with van der Waals surface area (Å²) >= 11 is 0. The molecule has 0 heterocycles. The van der Waals surface area contributed by atoms with E-state index in [9.17, 15) is 51.1 Å². The lowest BCUT2D eigenvalue weighted by Gasteiger charge is -2.38. The highest BCUT2D eigenvalue weighted by Gasteiger charge is 2.41. The minimum atomic E-state index is -1.43. The van der Waals surface area contributed by atoms with Crippen LogP contribution >= 0.6 is 0 Å². The molecule has 0 amide bonds. The summed E-state index contributed by atoms with van der Waals surface area (Å²) in [6, 6.07) is 12.9. The monoisotopic (exact) mass is 550 g/mol. The summed E-state index contributed by atoms with van der Waals surface area (Å²) in [4.78, 5) is 0. The van der Waals surface area contributed by atoms with Gasteiger partial charge in [-0.15, -0.1) is 0 Å². The van der Waals surface area contributed by atoms with Gasteiger partial charge < -0.3 is 51.1 Å². The number of phenols is 10. The van der Waals surface area contributed by atoms with E-state index in [0.717, 1.165) is 24.3 Å². The Morgan fingerprint density at radius 2 is 0.725 bits per heavy atom. The van der Waals surface area contributed by atoms with E-state index in [1.165, 1.54) is 36.4 Å². The zero-order valence-corrected chi connectivity index (χ0v) is 21.7. The Morgan fingerprint density at radius 1 is 0.400 bits per heavy atom. The van der Waals surface area contributed by atoms with E-state index < -0.39 is 45.3 Å². The molecule has 0 bridgehead atoms. The second kappa shape index (κ2) is 9.88. The van der Waals surface area contributed by atoms with Gasteiger partial charge in [0, 0.05) is 45.2 Å². The second-order valence-electron chi connectivity index (χ2n) is 10.2. The number of benzene rings is 4. The zero-order chi connectivity index (χ0) is 29.6. The molecule has 0 spiro atoms. The Bertz CT molecular complexity index is 1490. The molecule has 0 aliphatic rings. The van der Waals surface area contributed by atoms with Gasteiger partial charge in [0.15, 0.2) is 23.0 Å². The lowest BCUT2D eigenvalue weighted by molar-refractivity contribution is 0.333.